The summed E-state index contributed by atoms with van der Waals surface area (Å²) in [7, 11) is 1.68. The smallest absolute Gasteiger partial charge is 0.118 e. The Morgan fingerprint density at radius 3 is 2.44 bits per heavy atom. The van der Waals surface area contributed by atoms with Crippen molar-refractivity contribution in [3.63, 3.8) is 0 Å². The standard InChI is InChI=1S/C14H18N2OS/c1-10(12-4-6-13(17-3)7-5-12)16-11(2)14-15-8-9-18-14/h4-11,16H,1-3H3/t10-,11?/m1/s1. The van der Waals surface area contributed by atoms with Gasteiger partial charge in [0.05, 0.1) is 13.2 Å². The number of hydrogen-bond donors (Lipinski definition) is 1. The lowest BCUT2D eigenvalue weighted by Crippen LogP contribution is -2.22. The minimum atomic E-state index is 0.266. The summed E-state index contributed by atoms with van der Waals surface area (Å²) in [6.45, 7) is 4.30. The van der Waals surface area contributed by atoms with Gasteiger partial charge in [-0.25, -0.2) is 4.98 Å². The first kappa shape index (κ1) is 13.1. The van der Waals surface area contributed by atoms with Crippen LogP contribution >= 0.6 is 11.3 Å². The van der Waals surface area contributed by atoms with Crippen LogP contribution in [0.3, 0.4) is 0 Å². The highest BCUT2D eigenvalue weighted by molar-refractivity contribution is 7.09. The van der Waals surface area contributed by atoms with Crippen molar-refractivity contribution in [2.24, 2.45) is 0 Å². The summed E-state index contributed by atoms with van der Waals surface area (Å²) in [5.74, 6) is 0.888. The monoisotopic (exact) mass is 262 g/mol. The van der Waals surface area contributed by atoms with Gasteiger partial charge in [-0.3, -0.25) is 0 Å². The van der Waals surface area contributed by atoms with Crippen LogP contribution < -0.4 is 10.1 Å². The molecule has 2 aromatic rings. The van der Waals surface area contributed by atoms with Crippen LogP contribution in [0.15, 0.2) is 35.8 Å². The van der Waals surface area contributed by atoms with Gasteiger partial charge >= 0.3 is 0 Å². The van der Waals surface area contributed by atoms with Gasteiger partial charge < -0.3 is 10.1 Å². The Bertz CT molecular complexity index is 467. The molecule has 2 atom stereocenters. The van der Waals surface area contributed by atoms with E-state index in [4.69, 9.17) is 4.74 Å². The van der Waals surface area contributed by atoms with Crippen LogP contribution in [-0.4, -0.2) is 12.1 Å². The Morgan fingerprint density at radius 2 is 1.89 bits per heavy atom. The quantitative estimate of drug-likeness (QED) is 0.894. The van der Waals surface area contributed by atoms with Gasteiger partial charge in [0, 0.05) is 17.6 Å². The zero-order chi connectivity index (χ0) is 13.0. The fourth-order valence-corrected chi connectivity index (χ4v) is 2.54. The molecule has 4 heteroatoms. The molecule has 0 radical (unpaired) electrons. The molecular weight excluding hydrogens is 244 g/mol. The molecule has 0 aliphatic heterocycles. The third-order valence-corrected chi connectivity index (χ3v) is 3.90. The topological polar surface area (TPSA) is 34.1 Å². The van der Waals surface area contributed by atoms with Crippen LogP contribution in [0.25, 0.3) is 0 Å². The van der Waals surface area contributed by atoms with E-state index in [0.29, 0.717) is 0 Å². The Kier molecular flexibility index (Phi) is 4.33. The number of nitrogens with zero attached hydrogens (tertiary/aromatic N) is 1. The van der Waals surface area contributed by atoms with Gasteiger partial charge in [-0.1, -0.05) is 12.1 Å². The van der Waals surface area contributed by atoms with Crippen molar-refractivity contribution in [3.05, 3.63) is 46.4 Å². The van der Waals surface area contributed by atoms with E-state index in [1.54, 1.807) is 18.4 Å². The number of benzene rings is 1. The van der Waals surface area contributed by atoms with Crippen LogP contribution in [0.2, 0.25) is 0 Å². The van der Waals surface area contributed by atoms with Gasteiger partial charge in [0.25, 0.3) is 0 Å². The van der Waals surface area contributed by atoms with Crippen molar-refractivity contribution in [1.82, 2.24) is 10.3 Å². The van der Waals surface area contributed by atoms with Crippen molar-refractivity contribution >= 4 is 11.3 Å². The average Bonchev–Trinajstić information content (AvgIpc) is 2.92. The maximum atomic E-state index is 5.16. The zero-order valence-corrected chi connectivity index (χ0v) is 11.7. The van der Waals surface area contributed by atoms with Gasteiger partial charge in [-0.15, -0.1) is 11.3 Å². The van der Waals surface area contributed by atoms with Crippen molar-refractivity contribution in [1.29, 1.82) is 0 Å². The van der Waals surface area contributed by atoms with Crippen molar-refractivity contribution in [2.45, 2.75) is 25.9 Å². The third-order valence-electron chi connectivity index (χ3n) is 2.94. The minimum Gasteiger partial charge on any atom is -0.497 e. The van der Waals surface area contributed by atoms with E-state index in [0.717, 1.165) is 10.8 Å². The molecule has 1 N–H and O–H groups in total. The second-order valence-electron chi connectivity index (χ2n) is 4.25. The fourth-order valence-electron chi connectivity index (χ4n) is 1.88. The highest BCUT2D eigenvalue weighted by Crippen LogP contribution is 2.22. The molecule has 0 fully saturated rings. The van der Waals surface area contributed by atoms with E-state index in [2.05, 4.69) is 36.3 Å². The SMILES string of the molecule is COc1ccc([C@@H](C)NC(C)c2nccs2)cc1. The van der Waals surface area contributed by atoms with Crippen molar-refractivity contribution < 1.29 is 4.74 Å². The number of thiazole rings is 1. The maximum absolute atomic E-state index is 5.16. The average molecular weight is 262 g/mol. The number of hydrogen-bond acceptors (Lipinski definition) is 4. The Labute approximate surface area is 112 Å². The lowest BCUT2D eigenvalue weighted by Gasteiger charge is -2.19. The van der Waals surface area contributed by atoms with Gasteiger partial charge in [0.15, 0.2) is 0 Å². The van der Waals surface area contributed by atoms with Gasteiger partial charge in [0.1, 0.15) is 10.8 Å². The largest absolute Gasteiger partial charge is 0.497 e. The molecule has 0 aliphatic carbocycles. The summed E-state index contributed by atoms with van der Waals surface area (Å²) in [5.41, 5.74) is 1.25. The zero-order valence-electron chi connectivity index (χ0n) is 10.9. The first-order valence-electron chi connectivity index (χ1n) is 6.00. The normalized spacial score (nSPS) is 14.2. The van der Waals surface area contributed by atoms with Crippen LogP contribution in [0, 0.1) is 0 Å². The molecule has 1 aromatic carbocycles. The fraction of sp³-hybridized carbons (Fsp3) is 0.357. The third kappa shape index (κ3) is 3.09. The summed E-state index contributed by atoms with van der Waals surface area (Å²) in [6, 6.07) is 8.70. The Balaban J connectivity index is 2.00. The molecule has 0 saturated carbocycles. The van der Waals surface area contributed by atoms with Gasteiger partial charge in [-0.2, -0.15) is 0 Å². The van der Waals surface area contributed by atoms with E-state index >= 15 is 0 Å². The molecule has 1 aromatic heterocycles. The number of aromatic nitrogens is 1. The Hall–Kier alpha value is -1.39. The molecule has 2 rings (SSSR count). The number of nitrogens with one attached hydrogen (secondary N) is 1. The molecular formula is C14H18N2OS. The van der Waals surface area contributed by atoms with Crippen molar-refractivity contribution in [2.75, 3.05) is 7.11 Å². The molecule has 0 bridgehead atoms. The minimum absolute atomic E-state index is 0.266. The maximum Gasteiger partial charge on any atom is 0.118 e. The first-order chi connectivity index (χ1) is 8.70. The lowest BCUT2D eigenvalue weighted by molar-refractivity contribution is 0.414. The van der Waals surface area contributed by atoms with Crippen LogP contribution in [0.1, 0.15) is 36.5 Å². The predicted octanol–water partition coefficient (Wildman–Crippen LogP) is 3.56. The van der Waals surface area contributed by atoms with Crippen LogP contribution in [-0.2, 0) is 0 Å². The van der Waals surface area contributed by atoms with Gasteiger partial charge in [-0.05, 0) is 31.5 Å². The summed E-state index contributed by atoms with van der Waals surface area (Å²) in [4.78, 5) is 4.33. The molecule has 18 heavy (non-hydrogen) atoms. The second kappa shape index (κ2) is 5.98. The van der Waals surface area contributed by atoms with E-state index in [1.807, 2.05) is 23.7 Å². The summed E-state index contributed by atoms with van der Waals surface area (Å²) in [6.07, 6.45) is 1.84. The number of methoxy groups -OCH3 is 1. The molecule has 3 nitrogen and oxygen atoms in total. The van der Waals surface area contributed by atoms with Crippen molar-refractivity contribution in [3.8, 4) is 5.75 Å². The molecule has 0 amide bonds. The Morgan fingerprint density at radius 1 is 1.17 bits per heavy atom. The second-order valence-corrected chi connectivity index (χ2v) is 5.18. The highest BCUT2D eigenvalue weighted by atomic mass is 32.1. The van der Waals surface area contributed by atoms with Crippen LogP contribution in [0.4, 0.5) is 0 Å². The van der Waals surface area contributed by atoms with Gasteiger partial charge in [0.2, 0.25) is 0 Å². The predicted molar refractivity (Wildman–Crippen MR) is 75.1 cm³/mol. The summed E-state index contributed by atoms with van der Waals surface area (Å²) >= 11 is 1.68. The molecule has 1 heterocycles. The van der Waals surface area contributed by atoms with E-state index in [9.17, 15) is 0 Å². The molecule has 96 valence electrons. The number of rotatable bonds is 5. The van der Waals surface area contributed by atoms with E-state index in [-0.39, 0.29) is 12.1 Å². The molecule has 0 spiro atoms. The lowest BCUT2D eigenvalue weighted by atomic mass is 10.1. The van der Waals surface area contributed by atoms with Crippen LogP contribution in [0.5, 0.6) is 5.75 Å². The number of ether oxygens (including phenoxy) is 1. The summed E-state index contributed by atoms with van der Waals surface area (Å²) in [5, 5.41) is 6.67. The van der Waals surface area contributed by atoms with E-state index in [1.165, 1.54) is 5.56 Å². The summed E-state index contributed by atoms with van der Waals surface area (Å²) < 4.78 is 5.16. The van der Waals surface area contributed by atoms with E-state index < -0.39 is 0 Å². The highest BCUT2D eigenvalue weighted by Gasteiger charge is 2.12. The molecule has 1 unspecified atom stereocenters. The molecule has 0 saturated heterocycles. The molecule has 0 aliphatic rings. The first-order valence-corrected chi connectivity index (χ1v) is 6.88.